The van der Waals surface area contributed by atoms with Gasteiger partial charge >= 0.3 is 6.18 Å². The van der Waals surface area contributed by atoms with E-state index in [9.17, 15) is 13.2 Å². The summed E-state index contributed by atoms with van der Waals surface area (Å²) in [5, 5.41) is 0. The lowest BCUT2D eigenvalue weighted by atomic mass is 10.3. The van der Waals surface area contributed by atoms with Crippen LogP contribution >= 0.6 is 0 Å². The maximum Gasteiger partial charge on any atom is 0.417 e. The van der Waals surface area contributed by atoms with Gasteiger partial charge in [0.15, 0.2) is 0 Å². The molecule has 0 aliphatic carbocycles. The predicted octanol–water partition coefficient (Wildman–Crippen LogP) is 4.24. The van der Waals surface area contributed by atoms with Gasteiger partial charge in [-0.15, -0.1) is 0 Å². The van der Waals surface area contributed by atoms with Crippen LogP contribution in [-0.2, 0) is 10.9 Å². The lowest BCUT2D eigenvalue weighted by Crippen LogP contribution is -2.04. The van der Waals surface area contributed by atoms with E-state index < -0.39 is 11.7 Å². The number of hydrogen-bond donors (Lipinski definition) is 0. The molecular formula is C14H17F3N2O. The topological polar surface area (TPSA) is 34.5 Å². The third-order valence-electron chi connectivity index (χ3n) is 1.91. The lowest BCUT2D eigenvalue weighted by molar-refractivity contribution is -0.137. The van der Waals surface area contributed by atoms with Crippen LogP contribution in [0.3, 0.4) is 0 Å². The Bertz CT molecular complexity index is 461. The van der Waals surface area contributed by atoms with Gasteiger partial charge in [-0.3, -0.25) is 4.98 Å². The monoisotopic (exact) mass is 286 g/mol. The molecule has 0 unspecified atom stereocenters. The Balaban J connectivity index is 0.000000361. The molecule has 6 heteroatoms. The SMILES string of the molecule is C=N/C(=C\C=C(C)C)OC.FC(F)(F)c1cccnc1. The molecule has 0 fully saturated rings. The van der Waals surface area contributed by atoms with Crippen LogP contribution in [0.2, 0.25) is 0 Å². The number of nitrogens with zero attached hydrogens (tertiary/aromatic N) is 2. The van der Waals surface area contributed by atoms with Crippen molar-refractivity contribution in [2.24, 2.45) is 4.99 Å². The quantitative estimate of drug-likeness (QED) is 0.473. The van der Waals surface area contributed by atoms with Crippen LogP contribution in [-0.4, -0.2) is 18.8 Å². The normalized spacial score (nSPS) is 11.0. The highest BCUT2D eigenvalue weighted by Gasteiger charge is 2.30. The fourth-order valence-electron chi connectivity index (χ4n) is 0.954. The minimum Gasteiger partial charge on any atom is -0.481 e. The summed E-state index contributed by atoms with van der Waals surface area (Å²) in [5.74, 6) is 0.543. The molecule has 1 aromatic heterocycles. The van der Waals surface area contributed by atoms with Crippen LogP contribution in [0.1, 0.15) is 19.4 Å². The van der Waals surface area contributed by atoms with Gasteiger partial charge in [0, 0.05) is 18.5 Å². The van der Waals surface area contributed by atoms with Gasteiger partial charge in [-0.2, -0.15) is 13.2 Å². The number of halogens is 3. The summed E-state index contributed by atoms with van der Waals surface area (Å²) in [6.07, 6.45) is 1.53. The van der Waals surface area contributed by atoms with Gasteiger partial charge in [-0.05, 0) is 32.7 Å². The van der Waals surface area contributed by atoms with E-state index in [1.54, 1.807) is 13.2 Å². The van der Waals surface area contributed by atoms with Crippen molar-refractivity contribution in [3.8, 4) is 0 Å². The summed E-state index contributed by atoms with van der Waals surface area (Å²) in [7, 11) is 1.57. The molecule has 110 valence electrons. The highest BCUT2D eigenvalue weighted by atomic mass is 19.4. The van der Waals surface area contributed by atoms with Gasteiger partial charge in [0.2, 0.25) is 5.88 Å². The Morgan fingerprint density at radius 3 is 2.30 bits per heavy atom. The Morgan fingerprint density at radius 1 is 1.35 bits per heavy atom. The molecule has 0 bridgehead atoms. The van der Waals surface area contributed by atoms with Crippen molar-refractivity contribution < 1.29 is 17.9 Å². The molecule has 0 N–H and O–H groups in total. The minimum absolute atomic E-state index is 0.543. The van der Waals surface area contributed by atoms with Gasteiger partial charge in [0.1, 0.15) is 0 Å². The maximum atomic E-state index is 11.7. The van der Waals surface area contributed by atoms with E-state index in [2.05, 4.69) is 16.7 Å². The second kappa shape index (κ2) is 8.90. The molecule has 0 amide bonds. The molecule has 0 atom stereocenters. The molecule has 0 radical (unpaired) electrons. The third kappa shape index (κ3) is 8.07. The first kappa shape index (κ1) is 17.9. The Labute approximate surface area is 116 Å². The molecule has 1 rings (SSSR count). The average molecular weight is 286 g/mol. The molecule has 3 nitrogen and oxygen atoms in total. The summed E-state index contributed by atoms with van der Waals surface area (Å²) >= 11 is 0. The van der Waals surface area contributed by atoms with E-state index in [-0.39, 0.29) is 0 Å². The molecule has 20 heavy (non-hydrogen) atoms. The summed E-state index contributed by atoms with van der Waals surface area (Å²) in [6.45, 7) is 7.35. The van der Waals surface area contributed by atoms with E-state index in [0.717, 1.165) is 12.3 Å². The number of alkyl halides is 3. The number of ether oxygens (including phenoxy) is 1. The molecule has 0 aliphatic rings. The van der Waals surface area contributed by atoms with Crippen LogP contribution in [0.4, 0.5) is 13.2 Å². The minimum atomic E-state index is -4.27. The van der Waals surface area contributed by atoms with Gasteiger partial charge < -0.3 is 4.74 Å². The molecule has 0 saturated carbocycles. The zero-order valence-corrected chi connectivity index (χ0v) is 11.6. The van der Waals surface area contributed by atoms with E-state index in [0.29, 0.717) is 5.88 Å². The van der Waals surface area contributed by atoms with Gasteiger partial charge in [0.25, 0.3) is 0 Å². The molecule has 0 spiro atoms. The zero-order valence-electron chi connectivity index (χ0n) is 11.6. The van der Waals surface area contributed by atoms with Crippen molar-refractivity contribution >= 4 is 6.72 Å². The molecule has 0 aliphatic heterocycles. The van der Waals surface area contributed by atoms with Crippen molar-refractivity contribution in [2.75, 3.05) is 7.11 Å². The third-order valence-corrected chi connectivity index (χ3v) is 1.91. The van der Waals surface area contributed by atoms with Gasteiger partial charge in [-0.25, -0.2) is 4.99 Å². The fourth-order valence-corrected chi connectivity index (χ4v) is 0.954. The lowest BCUT2D eigenvalue weighted by Gasteiger charge is -2.03. The standard InChI is InChI=1S/C8H13NO.C6H4F3N/c1-7(2)5-6-8(9-3)10-4;7-6(8,9)5-2-1-3-10-4-5/h5-6H,3H2,1-2,4H3;1-4H/b8-6+;. The highest BCUT2D eigenvalue weighted by molar-refractivity contribution is 5.28. The number of methoxy groups -OCH3 is 1. The van der Waals surface area contributed by atoms with Crippen molar-refractivity contribution in [3.63, 3.8) is 0 Å². The van der Waals surface area contributed by atoms with Crippen LogP contribution in [0.25, 0.3) is 0 Å². The van der Waals surface area contributed by atoms with Gasteiger partial charge in [0.05, 0.1) is 12.7 Å². The van der Waals surface area contributed by atoms with Crippen molar-refractivity contribution in [3.05, 3.63) is 53.7 Å². The molecule has 1 heterocycles. The van der Waals surface area contributed by atoms with Crippen LogP contribution in [0, 0.1) is 0 Å². The average Bonchev–Trinajstić information content (AvgIpc) is 2.40. The largest absolute Gasteiger partial charge is 0.481 e. The maximum absolute atomic E-state index is 11.7. The predicted molar refractivity (Wildman–Crippen MR) is 73.3 cm³/mol. The zero-order chi connectivity index (χ0) is 15.6. The summed E-state index contributed by atoms with van der Waals surface area (Å²) in [4.78, 5) is 6.95. The molecule has 0 aromatic carbocycles. The van der Waals surface area contributed by atoms with Crippen molar-refractivity contribution in [1.82, 2.24) is 4.98 Å². The second-order valence-corrected chi connectivity index (χ2v) is 3.85. The number of pyridine rings is 1. The summed E-state index contributed by atoms with van der Waals surface area (Å²) < 4.78 is 40.1. The first-order valence-electron chi connectivity index (χ1n) is 5.64. The van der Waals surface area contributed by atoms with E-state index in [4.69, 9.17) is 4.74 Å². The van der Waals surface area contributed by atoms with Crippen LogP contribution in [0.15, 0.2) is 53.1 Å². The Morgan fingerprint density at radius 2 is 2.00 bits per heavy atom. The van der Waals surface area contributed by atoms with E-state index in [1.165, 1.54) is 17.8 Å². The number of hydrogen-bond acceptors (Lipinski definition) is 3. The van der Waals surface area contributed by atoms with Crippen LogP contribution in [0.5, 0.6) is 0 Å². The molecule has 1 aromatic rings. The van der Waals surface area contributed by atoms with Crippen molar-refractivity contribution in [1.29, 1.82) is 0 Å². The van der Waals surface area contributed by atoms with Crippen molar-refractivity contribution in [2.45, 2.75) is 20.0 Å². The Kier molecular flexibility index (Phi) is 7.96. The summed E-state index contributed by atoms with van der Waals surface area (Å²) in [5.41, 5.74) is 0.494. The fraction of sp³-hybridized carbons (Fsp3) is 0.286. The highest BCUT2D eigenvalue weighted by Crippen LogP contribution is 2.27. The number of allylic oxidation sites excluding steroid dienone is 3. The molecule has 0 saturated heterocycles. The van der Waals surface area contributed by atoms with E-state index >= 15 is 0 Å². The summed E-state index contributed by atoms with van der Waals surface area (Å²) in [6, 6.07) is 2.23. The van der Waals surface area contributed by atoms with Crippen LogP contribution < -0.4 is 0 Å². The first-order chi connectivity index (χ1) is 9.31. The van der Waals surface area contributed by atoms with E-state index in [1.807, 2.05) is 19.9 Å². The number of aliphatic imine (C=N–C) groups is 1. The second-order valence-electron chi connectivity index (χ2n) is 3.85. The number of rotatable bonds is 3. The number of aromatic nitrogens is 1. The Hall–Kier alpha value is -2.11. The van der Waals surface area contributed by atoms with Gasteiger partial charge in [-0.1, -0.05) is 11.6 Å². The molecular weight excluding hydrogens is 269 g/mol. The first-order valence-corrected chi connectivity index (χ1v) is 5.64. The smallest absolute Gasteiger partial charge is 0.417 e.